The fourth-order valence-corrected chi connectivity index (χ4v) is 2.95. The third-order valence-corrected chi connectivity index (χ3v) is 4.49. The van der Waals surface area contributed by atoms with Crippen molar-refractivity contribution in [3.05, 3.63) is 64.5 Å². The smallest absolute Gasteiger partial charge is 0.349 e. The second kappa shape index (κ2) is 10.8. The molecular weight excluding hydrogens is 396 g/mol. The Morgan fingerprint density at radius 1 is 1.16 bits per heavy atom. The van der Waals surface area contributed by atoms with E-state index in [0.29, 0.717) is 11.5 Å². The summed E-state index contributed by atoms with van der Waals surface area (Å²) in [6, 6.07) is 12.0. The number of nitrogens with zero attached hydrogens (tertiary/aromatic N) is 2. The van der Waals surface area contributed by atoms with Crippen LogP contribution in [0.15, 0.2) is 42.0 Å². The Labute approximate surface area is 181 Å². The minimum absolute atomic E-state index is 0.217. The Kier molecular flexibility index (Phi) is 8.15. The van der Waals surface area contributed by atoms with Crippen LogP contribution in [0.5, 0.6) is 0 Å². The van der Waals surface area contributed by atoms with Gasteiger partial charge in [-0.05, 0) is 49.6 Å². The van der Waals surface area contributed by atoms with Crippen LogP contribution >= 0.6 is 0 Å². The van der Waals surface area contributed by atoms with Crippen LogP contribution in [0.1, 0.15) is 41.2 Å². The van der Waals surface area contributed by atoms with Gasteiger partial charge in [-0.3, -0.25) is 20.4 Å². The summed E-state index contributed by atoms with van der Waals surface area (Å²) in [5.74, 6) is -1.71. The molecule has 8 nitrogen and oxygen atoms in total. The van der Waals surface area contributed by atoms with Gasteiger partial charge in [0.2, 0.25) is 0 Å². The highest BCUT2D eigenvalue weighted by Gasteiger charge is 2.16. The van der Waals surface area contributed by atoms with Gasteiger partial charge >= 0.3 is 5.97 Å². The van der Waals surface area contributed by atoms with Crippen LogP contribution in [0.25, 0.3) is 6.08 Å². The van der Waals surface area contributed by atoms with Crippen LogP contribution in [-0.2, 0) is 20.9 Å². The van der Waals surface area contributed by atoms with E-state index in [2.05, 4.69) is 29.3 Å². The number of carbonyl (C=O) groups is 3. The van der Waals surface area contributed by atoms with Crippen LogP contribution < -0.4 is 10.9 Å². The SMILES string of the molecule is Cc1cc(C=C(C#N)C(=O)OCC(=O)NNC(=O)c2ccccc2)c(C)n1CC(C)C. The van der Waals surface area contributed by atoms with E-state index in [1.807, 2.05) is 26.0 Å². The monoisotopic (exact) mass is 422 g/mol. The lowest BCUT2D eigenvalue weighted by atomic mass is 10.1. The quantitative estimate of drug-likeness (QED) is 0.308. The number of hydrogen-bond donors (Lipinski definition) is 2. The molecule has 0 saturated heterocycles. The van der Waals surface area contributed by atoms with Crippen molar-refractivity contribution in [1.29, 1.82) is 5.26 Å². The number of benzene rings is 1. The maximum Gasteiger partial charge on any atom is 0.349 e. The summed E-state index contributed by atoms with van der Waals surface area (Å²) in [6.07, 6.45) is 1.45. The second-order valence-electron chi connectivity index (χ2n) is 7.45. The van der Waals surface area contributed by atoms with Crippen molar-refractivity contribution in [3.8, 4) is 6.07 Å². The molecule has 0 unspecified atom stereocenters. The van der Waals surface area contributed by atoms with Crippen LogP contribution in [0.3, 0.4) is 0 Å². The molecular formula is C23H26N4O4. The predicted molar refractivity (Wildman–Crippen MR) is 115 cm³/mol. The molecule has 31 heavy (non-hydrogen) atoms. The summed E-state index contributed by atoms with van der Waals surface area (Å²) in [7, 11) is 0. The Morgan fingerprint density at radius 3 is 2.45 bits per heavy atom. The molecule has 2 rings (SSSR count). The van der Waals surface area contributed by atoms with Gasteiger partial charge in [0.1, 0.15) is 11.6 Å². The van der Waals surface area contributed by atoms with Gasteiger partial charge in [-0.25, -0.2) is 4.79 Å². The number of amides is 2. The van der Waals surface area contributed by atoms with Gasteiger partial charge < -0.3 is 9.30 Å². The average molecular weight is 422 g/mol. The van der Waals surface area contributed by atoms with E-state index in [9.17, 15) is 19.6 Å². The molecule has 2 N–H and O–H groups in total. The van der Waals surface area contributed by atoms with Crippen LogP contribution in [0.2, 0.25) is 0 Å². The molecule has 0 bridgehead atoms. The van der Waals surface area contributed by atoms with Crippen LogP contribution in [0.4, 0.5) is 0 Å². The number of aromatic nitrogens is 1. The summed E-state index contributed by atoms with van der Waals surface area (Å²) >= 11 is 0. The summed E-state index contributed by atoms with van der Waals surface area (Å²) in [5, 5.41) is 9.35. The van der Waals surface area contributed by atoms with Crippen LogP contribution in [-0.4, -0.2) is 29.0 Å². The number of hydrazine groups is 1. The van der Waals surface area contributed by atoms with Gasteiger partial charge in [0.25, 0.3) is 11.8 Å². The maximum absolute atomic E-state index is 12.2. The van der Waals surface area contributed by atoms with Crippen molar-refractivity contribution in [2.45, 2.75) is 34.2 Å². The third-order valence-electron chi connectivity index (χ3n) is 4.49. The first kappa shape index (κ1) is 23.4. The fourth-order valence-electron chi connectivity index (χ4n) is 2.95. The summed E-state index contributed by atoms with van der Waals surface area (Å²) < 4.78 is 7.03. The molecule has 0 aliphatic carbocycles. The van der Waals surface area contributed by atoms with Gasteiger partial charge in [-0.1, -0.05) is 32.0 Å². The molecule has 1 aromatic heterocycles. The number of rotatable bonds is 7. The first-order valence-electron chi connectivity index (χ1n) is 9.82. The largest absolute Gasteiger partial charge is 0.451 e. The van der Waals surface area contributed by atoms with E-state index in [4.69, 9.17) is 4.74 Å². The zero-order valence-corrected chi connectivity index (χ0v) is 18.1. The Balaban J connectivity index is 1.95. The van der Waals surface area contributed by atoms with Gasteiger partial charge in [-0.15, -0.1) is 0 Å². The molecule has 1 heterocycles. The van der Waals surface area contributed by atoms with E-state index < -0.39 is 24.4 Å². The average Bonchev–Trinajstić information content (AvgIpc) is 3.01. The third kappa shape index (κ3) is 6.57. The van der Waals surface area contributed by atoms with E-state index in [1.165, 1.54) is 6.08 Å². The predicted octanol–water partition coefficient (Wildman–Crippen LogP) is 2.67. The molecule has 0 aliphatic heterocycles. The molecule has 0 aliphatic rings. The summed E-state index contributed by atoms with van der Waals surface area (Å²) in [4.78, 5) is 36.0. The van der Waals surface area contributed by atoms with Gasteiger partial charge in [-0.2, -0.15) is 5.26 Å². The summed E-state index contributed by atoms with van der Waals surface area (Å²) in [5.41, 5.74) is 7.24. The number of nitrogens with one attached hydrogen (secondary N) is 2. The fraction of sp³-hybridized carbons (Fsp3) is 0.304. The normalized spacial score (nSPS) is 11.0. The molecule has 0 radical (unpaired) electrons. The van der Waals surface area contributed by atoms with Crippen molar-refractivity contribution in [2.75, 3.05) is 6.61 Å². The molecule has 0 spiro atoms. The lowest BCUT2D eigenvalue weighted by molar-refractivity contribution is -0.144. The molecule has 2 aromatic rings. The van der Waals surface area contributed by atoms with Gasteiger partial charge in [0.15, 0.2) is 6.61 Å². The van der Waals surface area contributed by atoms with Crippen LogP contribution in [0, 0.1) is 31.1 Å². The van der Waals surface area contributed by atoms with E-state index in [0.717, 1.165) is 23.5 Å². The minimum atomic E-state index is -0.916. The molecule has 0 atom stereocenters. The molecule has 8 heteroatoms. The zero-order chi connectivity index (χ0) is 23.0. The number of carbonyl (C=O) groups excluding carboxylic acids is 3. The molecule has 0 saturated carbocycles. The summed E-state index contributed by atoms with van der Waals surface area (Å²) in [6.45, 7) is 8.29. The maximum atomic E-state index is 12.2. The number of aryl methyl sites for hydroxylation is 1. The topological polar surface area (TPSA) is 113 Å². The van der Waals surface area contributed by atoms with E-state index in [-0.39, 0.29) is 5.57 Å². The Bertz CT molecular complexity index is 1030. The van der Waals surface area contributed by atoms with Crippen molar-refractivity contribution in [1.82, 2.24) is 15.4 Å². The standard InChI is InChI=1S/C23H26N4O4/c1-15(2)13-27-16(3)10-19(17(27)4)11-20(12-24)23(30)31-14-21(28)25-26-22(29)18-8-6-5-7-9-18/h5-11,15H,13-14H2,1-4H3,(H,25,28)(H,26,29). The minimum Gasteiger partial charge on any atom is -0.451 e. The number of ether oxygens (including phenoxy) is 1. The zero-order valence-electron chi connectivity index (χ0n) is 18.1. The first-order chi connectivity index (χ1) is 14.7. The molecule has 0 fully saturated rings. The lowest BCUT2D eigenvalue weighted by Gasteiger charge is -2.12. The van der Waals surface area contributed by atoms with Gasteiger partial charge in [0.05, 0.1) is 0 Å². The first-order valence-corrected chi connectivity index (χ1v) is 9.82. The number of nitriles is 1. The van der Waals surface area contributed by atoms with Gasteiger partial charge in [0, 0.05) is 23.5 Å². The molecule has 162 valence electrons. The van der Waals surface area contributed by atoms with Crippen molar-refractivity contribution < 1.29 is 19.1 Å². The number of hydrogen-bond acceptors (Lipinski definition) is 5. The van der Waals surface area contributed by atoms with Crippen molar-refractivity contribution in [2.24, 2.45) is 5.92 Å². The van der Waals surface area contributed by atoms with E-state index >= 15 is 0 Å². The lowest BCUT2D eigenvalue weighted by Crippen LogP contribution is -2.43. The van der Waals surface area contributed by atoms with Crippen molar-refractivity contribution in [3.63, 3.8) is 0 Å². The highest BCUT2D eigenvalue weighted by Crippen LogP contribution is 2.20. The highest BCUT2D eigenvalue weighted by atomic mass is 16.5. The van der Waals surface area contributed by atoms with E-state index in [1.54, 1.807) is 30.3 Å². The Hall–Kier alpha value is -3.86. The molecule has 2 amide bonds. The number of esters is 1. The van der Waals surface area contributed by atoms with Crippen molar-refractivity contribution >= 4 is 23.9 Å². The highest BCUT2D eigenvalue weighted by molar-refractivity contribution is 5.99. The molecule has 1 aromatic carbocycles. The second-order valence-corrected chi connectivity index (χ2v) is 7.45. The Morgan fingerprint density at radius 2 is 1.84 bits per heavy atom.